The van der Waals surface area contributed by atoms with Gasteiger partial charge in [0.1, 0.15) is 5.82 Å². The molecule has 1 aromatic heterocycles. The number of aromatic nitrogens is 2. The molecule has 0 amide bonds. The predicted molar refractivity (Wildman–Crippen MR) is 67.3 cm³/mol. The molecular formula is C13H23N3. The van der Waals surface area contributed by atoms with Crippen LogP contribution in [0.25, 0.3) is 0 Å². The van der Waals surface area contributed by atoms with E-state index in [-0.39, 0.29) is 0 Å². The van der Waals surface area contributed by atoms with E-state index in [4.69, 9.17) is 0 Å². The fourth-order valence-corrected chi connectivity index (χ4v) is 1.65. The first-order valence-electron chi connectivity index (χ1n) is 6.15. The molecule has 90 valence electrons. The van der Waals surface area contributed by atoms with Gasteiger partial charge in [-0.05, 0) is 37.8 Å². The van der Waals surface area contributed by atoms with Gasteiger partial charge < -0.3 is 5.32 Å². The molecule has 0 saturated carbocycles. The zero-order valence-corrected chi connectivity index (χ0v) is 10.8. The Kier molecular flexibility index (Phi) is 5.39. The van der Waals surface area contributed by atoms with Crippen LogP contribution < -0.4 is 5.32 Å². The minimum absolute atomic E-state index is 0.299. The summed E-state index contributed by atoms with van der Waals surface area (Å²) in [6.45, 7) is 9.59. The molecule has 0 spiro atoms. The minimum atomic E-state index is 0.299. The Labute approximate surface area is 98.7 Å². The van der Waals surface area contributed by atoms with Gasteiger partial charge in [-0.3, -0.25) is 0 Å². The van der Waals surface area contributed by atoms with E-state index in [2.05, 4.69) is 36.1 Å². The number of nitrogens with one attached hydrogen (secondary N) is 1. The Hall–Kier alpha value is -0.960. The standard InChI is InChI=1S/C13H23N3/c1-5-14-12(7-6-10(2)3)13-15-8-11(4)9-16-13/h8-10,12,14H,5-7H2,1-4H3. The van der Waals surface area contributed by atoms with Gasteiger partial charge in [0, 0.05) is 12.4 Å². The molecule has 1 atom stereocenters. The highest BCUT2D eigenvalue weighted by Crippen LogP contribution is 2.17. The van der Waals surface area contributed by atoms with Crippen molar-refractivity contribution < 1.29 is 0 Å². The van der Waals surface area contributed by atoms with Crippen molar-refractivity contribution in [3.05, 3.63) is 23.8 Å². The molecule has 3 heteroatoms. The molecule has 3 nitrogen and oxygen atoms in total. The van der Waals surface area contributed by atoms with Gasteiger partial charge in [-0.15, -0.1) is 0 Å². The summed E-state index contributed by atoms with van der Waals surface area (Å²) in [4.78, 5) is 8.80. The normalized spacial score (nSPS) is 13.1. The van der Waals surface area contributed by atoms with Crippen molar-refractivity contribution in [2.75, 3.05) is 6.54 Å². The second-order valence-corrected chi connectivity index (χ2v) is 4.70. The molecular weight excluding hydrogens is 198 g/mol. The molecule has 0 aliphatic rings. The summed E-state index contributed by atoms with van der Waals surface area (Å²) in [5, 5.41) is 3.45. The van der Waals surface area contributed by atoms with Gasteiger partial charge in [-0.25, -0.2) is 9.97 Å². The average Bonchev–Trinajstić information content (AvgIpc) is 2.25. The van der Waals surface area contributed by atoms with Crippen LogP contribution in [0.2, 0.25) is 0 Å². The van der Waals surface area contributed by atoms with E-state index >= 15 is 0 Å². The molecule has 1 heterocycles. The van der Waals surface area contributed by atoms with Gasteiger partial charge in [0.25, 0.3) is 0 Å². The lowest BCUT2D eigenvalue weighted by Gasteiger charge is -2.17. The molecule has 0 radical (unpaired) electrons. The van der Waals surface area contributed by atoms with Crippen LogP contribution in [0.4, 0.5) is 0 Å². The zero-order chi connectivity index (χ0) is 12.0. The van der Waals surface area contributed by atoms with Crippen LogP contribution >= 0.6 is 0 Å². The van der Waals surface area contributed by atoms with Crippen molar-refractivity contribution >= 4 is 0 Å². The van der Waals surface area contributed by atoms with Crippen molar-refractivity contribution in [1.82, 2.24) is 15.3 Å². The van der Waals surface area contributed by atoms with Gasteiger partial charge in [-0.2, -0.15) is 0 Å². The van der Waals surface area contributed by atoms with E-state index in [1.54, 1.807) is 0 Å². The molecule has 0 saturated heterocycles. The van der Waals surface area contributed by atoms with E-state index in [1.807, 2.05) is 19.3 Å². The van der Waals surface area contributed by atoms with E-state index in [0.29, 0.717) is 6.04 Å². The summed E-state index contributed by atoms with van der Waals surface area (Å²) in [6, 6.07) is 0.299. The van der Waals surface area contributed by atoms with E-state index in [0.717, 1.165) is 30.3 Å². The molecule has 1 rings (SSSR count). The highest BCUT2D eigenvalue weighted by molar-refractivity contribution is 5.04. The Morgan fingerprint density at radius 3 is 2.31 bits per heavy atom. The Balaban J connectivity index is 2.64. The molecule has 0 bridgehead atoms. The van der Waals surface area contributed by atoms with Gasteiger partial charge in [0.2, 0.25) is 0 Å². The molecule has 0 aliphatic carbocycles. The molecule has 1 N–H and O–H groups in total. The summed E-state index contributed by atoms with van der Waals surface area (Å²) in [5.74, 6) is 1.65. The van der Waals surface area contributed by atoms with Crippen LogP contribution in [0.3, 0.4) is 0 Å². The lowest BCUT2D eigenvalue weighted by atomic mass is 10.0. The highest BCUT2D eigenvalue weighted by Gasteiger charge is 2.13. The Morgan fingerprint density at radius 1 is 1.19 bits per heavy atom. The first-order valence-corrected chi connectivity index (χ1v) is 6.15. The SMILES string of the molecule is CCNC(CCC(C)C)c1ncc(C)cn1. The first kappa shape index (κ1) is 13.1. The highest BCUT2D eigenvalue weighted by atomic mass is 15.0. The quantitative estimate of drug-likeness (QED) is 0.802. The zero-order valence-electron chi connectivity index (χ0n) is 10.8. The monoisotopic (exact) mass is 221 g/mol. The Morgan fingerprint density at radius 2 is 1.81 bits per heavy atom. The van der Waals surface area contributed by atoms with E-state index in [9.17, 15) is 0 Å². The van der Waals surface area contributed by atoms with Crippen molar-refractivity contribution in [1.29, 1.82) is 0 Å². The molecule has 1 aromatic rings. The van der Waals surface area contributed by atoms with Crippen molar-refractivity contribution in [2.45, 2.75) is 46.6 Å². The van der Waals surface area contributed by atoms with E-state index < -0.39 is 0 Å². The largest absolute Gasteiger partial charge is 0.308 e. The fraction of sp³-hybridized carbons (Fsp3) is 0.692. The third kappa shape index (κ3) is 4.27. The smallest absolute Gasteiger partial charge is 0.145 e. The average molecular weight is 221 g/mol. The maximum absolute atomic E-state index is 4.40. The summed E-state index contributed by atoms with van der Waals surface area (Å²) in [5.41, 5.74) is 1.11. The van der Waals surface area contributed by atoms with Crippen LogP contribution in [0.15, 0.2) is 12.4 Å². The second-order valence-electron chi connectivity index (χ2n) is 4.70. The number of hydrogen-bond acceptors (Lipinski definition) is 3. The summed E-state index contributed by atoms with van der Waals surface area (Å²) >= 11 is 0. The molecule has 0 aliphatic heterocycles. The van der Waals surface area contributed by atoms with Gasteiger partial charge in [-0.1, -0.05) is 20.8 Å². The topological polar surface area (TPSA) is 37.8 Å². The molecule has 1 unspecified atom stereocenters. The van der Waals surface area contributed by atoms with Crippen molar-refractivity contribution in [3.63, 3.8) is 0 Å². The number of aryl methyl sites for hydroxylation is 1. The maximum atomic E-state index is 4.40. The Bertz CT molecular complexity index is 293. The van der Waals surface area contributed by atoms with Crippen LogP contribution in [-0.2, 0) is 0 Å². The third-order valence-electron chi connectivity index (χ3n) is 2.60. The fourth-order valence-electron chi connectivity index (χ4n) is 1.65. The number of nitrogens with zero attached hydrogens (tertiary/aromatic N) is 2. The van der Waals surface area contributed by atoms with Crippen LogP contribution in [-0.4, -0.2) is 16.5 Å². The maximum Gasteiger partial charge on any atom is 0.145 e. The summed E-state index contributed by atoms with van der Waals surface area (Å²) in [7, 11) is 0. The third-order valence-corrected chi connectivity index (χ3v) is 2.60. The van der Waals surface area contributed by atoms with Crippen LogP contribution in [0, 0.1) is 12.8 Å². The van der Waals surface area contributed by atoms with Gasteiger partial charge in [0.15, 0.2) is 0 Å². The molecule has 0 fully saturated rings. The van der Waals surface area contributed by atoms with Crippen LogP contribution in [0.1, 0.15) is 51.0 Å². The number of hydrogen-bond donors (Lipinski definition) is 1. The lowest BCUT2D eigenvalue weighted by molar-refractivity contribution is 0.433. The number of rotatable bonds is 6. The summed E-state index contributed by atoms with van der Waals surface area (Å²) in [6.07, 6.45) is 6.09. The lowest BCUT2D eigenvalue weighted by Crippen LogP contribution is -2.23. The second kappa shape index (κ2) is 6.59. The predicted octanol–water partition coefficient (Wildman–Crippen LogP) is 2.87. The van der Waals surface area contributed by atoms with Gasteiger partial charge in [0.05, 0.1) is 6.04 Å². The summed E-state index contributed by atoms with van der Waals surface area (Å²) < 4.78 is 0. The minimum Gasteiger partial charge on any atom is -0.308 e. The van der Waals surface area contributed by atoms with Crippen molar-refractivity contribution in [3.8, 4) is 0 Å². The molecule has 0 aromatic carbocycles. The van der Waals surface area contributed by atoms with Crippen LogP contribution in [0.5, 0.6) is 0 Å². The van der Waals surface area contributed by atoms with E-state index in [1.165, 1.54) is 6.42 Å². The molecule has 16 heavy (non-hydrogen) atoms. The first-order chi connectivity index (χ1) is 7.63. The van der Waals surface area contributed by atoms with Gasteiger partial charge >= 0.3 is 0 Å². The van der Waals surface area contributed by atoms with Crippen molar-refractivity contribution in [2.24, 2.45) is 5.92 Å².